The number of nitrogens with zero attached hydrogens (tertiary/aromatic N) is 1. The summed E-state index contributed by atoms with van der Waals surface area (Å²) < 4.78 is 0. The first kappa shape index (κ1) is 9.93. The van der Waals surface area contributed by atoms with E-state index in [-0.39, 0.29) is 0 Å². The highest BCUT2D eigenvalue weighted by molar-refractivity contribution is 5.47. The topological polar surface area (TPSA) is 24.9 Å². The van der Waals surface area contributed by atoms with Crippen molar-refractivity contribution in [1.29, 1.82) is 0 Å². The molecule has 0 bridgehead atoms. The Labute approximate surface area is 79.7 Å². The number of aromatic nitrogens is 1. The Morgan fingerprint density at radius 1 is 1.62 bits per heavy atom. The van der Waals surface area contributed by atoms with Gasteiger partial charge < -0.3 is 5.32 Å². The summed E-state index contributed by atoms with van der Waals surface area (Å²) in [5.41, 5.74) is 1.16. The molecular formula is C11H16N2. The minimum atomic E-state index is 0.535. The zero-order valence-corrected chi connectivity index (χ0v) is 8.20. The average Bonchev–Trinajstić information content (AvgIpc) is 2.19. The fourth-order valence-corrected chi connectivity index (χ4v) is 1.00. The number of hydrogen-bond donors (Lipinski definition) is 1. The second kappa shape index (κ2) is 5.49. The Bertz CT molecular complexity index is 254. The molecule has 0 saturated heterocycles. The molecule has 13 heavy (non-hydrogen) atoms. The summed E-state index contributed by atoms with van der Waals surface area (Å²) in [4.78, 5) is 4.04. The van der Waals surface area contributed by atoms with Crippen molar-refractivity contribution in [2.45, 2.75) is 19.4 Å². The van der Waals surface area contributed by atoms with Crippen LogP contribution in [0.5, 0.6) is 0 Å². The van der Waals surface area contributed by atoms with Crippen LogP contribution in [0.3, 0.4) is 0 Å². The van der Waals surface area contributed by atoms with Gasteiger partial charge in [0, 0.05) is 18.4 Å². The fourth-order valence-electron chi connectivity index (χ4n) is 1.00. The van der Waals surface area contributed by atoms with E-state index in [2.05, 4.69) is 29.4 Å². The summed E-state index contributed by atoms with van der Waals surface area (Å²) in [6, 6.07) is 4.53. The number of hydrogen-bond acceptors (Lipinski definition) is 2. The number of pyridine rings is 1. The highest BCUT2D eigenvalue weighted by atomic mass is 14.8. The highest BCUT2D eigenvalue weighted by Gasteiger charge is 1.91. The summed E-state index contributed by atoms with van der Waals surface area (Å²) in [5, 5.41) is 3.18. The van der Waals surface area contributed by atoms with E-state index in [1.54, 1.807) is 6.20 Å². The van der Waals surface area contributed by atoms with Crippen LogP contribution in [0, 0.1) is 0 Å². The Morgan fingerprint density at radius 3 is 3.08 bits per heavy atom. The molecule has 1 aromatic rings. The van der Waals surface area contributed by atoms with E-state index in [0.29, 0.717) is 6.04 Å². The minimum Gasteiger partial charge on any atom is -0.317 e. The van der Waals surface area contributed by atoms with Crippen LogP contribution < -0.4 is 5.32 Å². The van der Waals surface area contributed by atoms with E-state index >= 15 is 0 Å². The lowest BCUT2D eigenvalue weighted by Gasteiger charge is -2.04. The van der Waals surface area contributed by atoms with Crippen LogP contribution in [0.1, 0.15) is 18.9 Å². The van der Waals surface area contributed by atoms with Gasteiger partial charge in [0.25, 0.3) is 0 Å². The van der Waals surface area contributed by atoms with E-state index in [1.807, 2.05) is 25.4 Å². The van der Waals surface area contributed by atoms with Gasteiger partial charge in [-0.3, -0.25) is 4.98 Å². The first-order chi connectivity index (χ1) is 6.33. The van der Waals surface area contributed by atoms with E-state index in [4.69, 9.17) is 0 Å². The van der Waals surface area contributed by atoms with Crippen LogP contribution in [0.25, 0.3) is 6.08 Å². The quantitative estimate of drug-likeness (QED) is 0.760. The van der Waals surface area contributed by atoms with Crippen LogP contribution in [0.4, 0.5) is 0 Å². The summed E-state index contributed by atoms with van der Waals surface area (Å²) in [7, 11) is 1.97. The van der Waals surface area contributed by atoms with Gasteiger partial charge in [-0.25, -0.2) is 0 Å². The third-order valence-electron chi connectivity index (χ3n) is 1.98. The summed E-state index contributed by atoms with van der Waals surface area (Å²) in [6.07, 6.45) is 8.96. The Balaban J connectivity index is 2.41. The maximum absolute atomic E-state index is 4.04. The van der Waals surface area contributed by atoms with Gasteiger partial charge in [-0.05, 0) is 32.0 Å². The first-order valence-corrected chi connectivity index (χ1v) is 4.56. The summed E-state index contributed by atoms with van der Waals surface area (Å²) in [6.45, 7) is 2.16. The van der Waals surface area contributed by atoms with Crippen molar-refractivity contribution >= 4 is 6.08 Å². The first-order valence-electron chi connectivity index (χ1n) is 4.56. The summed E-state index contributed by atoms with van der Waals surface area (Å²) >= 11 is 0. The van der Waals surface area contributed by atoms with Gasteiger partial charge >= 0.3 is 0 Å². The van der Waals surface area contributed by atoms with Crippen molar-refractivity contribution in [3.63, 3.8) is 0 Å². The average molecular weight is 176 g/mol. The third-order valence-corrected chi connectivity index (χ3v) is 1.98. The van der Waals surface area contributed by atoms with E-state index in [0.717, 1.165) is 12.0 Å². The fraction of sp³-hybridized carbons (Fsp3) is 0.364. The maximum Gasteiger partial charge on any atom is 0.0340 e. The molecule has 0 unspecified atom stereocenters. The zero-order valence-electron chi connectivity index (χ0n) is 8.20. The summed E-state index contributed by atoms with van der Waals surface area (Å²) in [5.74, 6) is 0. The molecule has 0 aliphatic carbocycles. The molecule has 0 saturated carbocycles. The predicted octanol–water partition coefficient (Wildman–Crippen LogP) is 2.09. The molecule has 0 fully saturated rings. The smallest absolute Gasteiger partial charge is 0.0340 e. The van der Waals surface area contributed by atoms with Crippen LogP contribution in [-0.4, -0.2) is 18.1 Å². The lowest BCUT2D eigenvalue weighted by molar-refractivity contribution is 0.621. The number of rotatable bonds is 4. The van der Waals surface area contributed by atoms with Gasteiger partial charge in [0.05, 0.1) is 0 Å². The molecule has 0 amide bonds. The van der Waals surface area contributed by atoms with E-state index < -0.39 is 0 Å². The second-order valence-electron chi connectivity index (χ2n) is 3.11. The molecule has 0 aliphatic heterocycles. The molecule has 1 heterocycles. The SMILES string of the molecule is CN[C@H](C)C/C=C/c1cccnc1. The van der Waals surface area contributed by atoms with Crippen LogP contribution in [0.15, 0.2) is 30.6 Å². The van der Waals surface area contributed by atoms with Gasteiger partial charge in [-0.2, -0.15) is 0 Å². The minimum absolute atomic E-state index is 0.535. The molecule has 70 valence electrons. The molecule has 0 aliphatic rings. The standard InChI is InChI=1S/C11H16N2/c1-10(12-2)5-3-6-11-7-4-8-13-9-11/h3-4,6-10,12H,5H2,1-2H3/b6-3+/t10-/m1/s1. The monoisotopic (exact) mass is 176 g/mol. The van der Waals surface area contributed by atoms with Gasteiger partial charge in [-0.15, -0.1) is 0 Å². The lowest BCUT2D eigenvalue weighted by Crippen LogP contribution is -2.19. The van der Waals surface area contributed by atoms with Gasteiger partial charge in [0.2, 0.25) is 0 Å². The molecule has 1 aromatic heterocycles. The molecule has 1 N–H and O–H groups in total. The Hall–Kier alpha value is -1.15. The van der Waals surface area contributed by atoms with Crippen molar-refractivity contribution < 1.29 is 0 Å². The molecule has 2 heteroatoms. The molecule has 1 rings (SSSR count). The predicted molar refractivity (Wildman–Crippen MR) is 56.4 cm³/mol. The largest absolute Gasteiger partial charge is 0.317 e. The maximum atomic E-state index is 4.04. The van der Waals surface area contributed by atoms with E-state index in [1.165, 1.54) is 0 Å². The number of nitrogens with one attached hydrogen (secondary N) is 1. The Kier molecular flexibility index (Phi) is 4.19. The zero-order chi connectivity index (χ0) is 9.52. The van der Waals surface area contributed by atoms with Crippen molar-refractivity contribution in [2.75, 3.05) is 7.05 Å². The van der Waals surface area contributed by atoms with Gasteiger partial charge in [-0.1, -0.05) is 18.2 Å². The molecular weight excluding hydrogens is 160 g/mol. The normalized spacial score (nSPS) is 13.4. The molecule has 0 aromatic carbocycles. The van der Waals surface area contributed by atoms with Crippen LogP contribution >= 0.6 is 0 Å². The highest BCUT2D eigenvalue weighted by Crippen LogP contribution is 2.00. The lowest BCUT2D eigenvalue weighted by atomic mass is 10.2. The van der Waals surface area contributed by atoms with Crippen molar-refractivity contribution in [2.24, 2.45) is 0 Å². The van der Waals surface area contributed by atoms with Crippen molar-refractivity contribution in [3.8, 4) is 0 Å². The molecule has 1 atom stereocenters. The molecule has 2 nitrogen and oxygen atoms in total. The van der Waals surface area contributed by atoms with Crippen LogP contribution in [-0.2, 0) is 0 Å². The second-order valence-corrected chi connectivity index (χ2v) is 3.11. The molecule has 0 radical (unpaired) electrons. The van der Waals surface area contributed by atoms with Crippen molar-refractivity contribution in [3.05, 3.63) is 36.2 Å². The third kappa shape index (κ3) is 3.85. The van der Waals surface area contributed by atoms with Crippen molar-refractivity contribution in [1.82, 2.24) is 10.3 Å². The van der Waals surface area contributed by atoms with E-state index in [9.17, 15) is 0 Å². The van der Waals surface area contributed by atoms with Gasteiger partial charge in [0.15, 0.2) is 0 Å². The van der Waals surface area contributed by atoms with Crippen LogP contribution in [0.2, 0.25) is 0 Å². The Morgan fingerprint density at radius 2 is 2.46 bits per heavy atom. The molecule has 0 spiro atoms. The van der Waals surface area contributed by atoms with Gasteiger partial charge in [0.1, 0.15) is 0 Å².